The lowest BCUT2D eigenvalue weighted by atomic mass is 9.99. The van der Waals surface area contributed by atoms with Gasteiger partial charge in [0.2, 0.25) is 0 Å². The molecule has 21 heavy (non-hydrogen) atoms. The molecule has 3 N–H and O–H groups in total. The van der Waals surface area contributed by atoms with E-state index in [1.165, 1.54) is 33.5 Å². The van der Waals surface area contributed by atoms with Crippen LogP contribution in [0.4, 0.5) is 13.2 Å². The van der Waals surface area contributed by atoms with Gasteiger partial charge >= 0.3 is 6.18 Å². The predicted molar refractivity (Wildman–Crippen MR) is 72.3 cm³/mol. The molecule has 5 nitrogen and oxygen atoms in total. The number of rotatable bonds is 5. The molecule has 1 aromatic carbocycles. The Labute approximate surface area is 126 Å². The van der Waals surface area contributed by atoms with E-state index in [1.807, 2.05) is 0 Å². The summed E-state index contributed by atoms with van der Waals surface area (Å²) >= 11 is 0. The number of nitrogens with two attached hydrogens (primary N) is 1. The molecule has 0 unspecified atom stereocenters. The Morgan fingerprint density at radius 2 is 1.48 bits per heavy atom. The summed E-state index contributed by atoms with van der Waals surface area (Å²) in [5, 5.41) is 9.28. The minimum absolute atomic E-state index is 0. The fourth-order valence-electron chi connectivity index (χ4n) is 1.72. The maximum absolute atomic E-state index is 12.6. The molecule has 0 aliphatic heterocycles. The topological polar surface area (TPSA) is 73.9 Å². The lowest BCUT2D eigenvalue weighted by Gasteiger charge is -2.25. The zero-order valence-electron chi connectivity index (χ0n) is 11.6. The van der Waals surface area contributed by atoms with Gasteiger partial charge in [0.25, 0.3) is 0 Å². The third-order valence-electron chi connectivity index (χ3n) is 2.76. The first-order valence-electron chi connectivity index (χ1n) is 5.56. The minimum Gasteiger partial charge on any atom is -0.496 e. The van der Waals surface area contributed by atoms with E-state index in [0.717, 1.165) is 0 Å². The maximum atomic E-state index is 12.6. The zero-order valence-corrected chi connectivity index (χ0v) is 12.4. The van der Waals surface area contributed by atoms with Crippen LogP contribution in [0.5, 0.6) is 17.2 Å². The average molecular weight is 332 g/mol. The number of benzene rings is 1. The number of hydrogen-bond acceptors (Lipinski definition) is 5. The van der Waals surface area contributed by atoms with Crippen LogP contribution in [0.15, 0.2) is 12.1 Å². The van der Waals surface area contributed by atoms with E-state index < -0.39 is 18.3 Å². The van der Waals surface area contributed by atoms with E-state index in [-0.39, 0.29) is 29.5 Å². The third kappa shape index (κ3) is 4.29. The summed E-state index contributed by atoms with van der Waals surface area (Å²) in [6.07, 6.45) is -7.59. The maximum Gasteiger partial charge on any atom is 0.416 e. The molecule has 0 heterocycles. The molecule has 1 aromatic rings. The second-order valence-electron chi connectivity index (χ2n) is 3.96. The standard InChI is InChI=1S/C12H16F3NO4.ClH/c1-18-6-4-7(19-2)9(8(5-6)20-3)10(16)11(17)12(13,14)15;/h4-5,10-11,17H,16H2,1-3H3;1H/t10-,11-;/m0./s1. The largest absolute Gasteiger partial charge is 0.496 e. The number of aliphatic hydroxyl groups is 1. The summed E-state index contributed by atoms with van der Waals surface area (Å²) in [7, 11) is 3.92. The zero-order chi connectivity index (χ0) is 15.5. The van der Waals surface area contributed by atoms with Crippen molar-refractivity contribution in [1.29, 1.82) is 0 Å². The Balaban J connectivity index is 0.00000400. The van der Waals surface area contributed by atoms with Gasteiger partial charge in [0.15, 0.2) is 6.10 Å². The molecule has 1 rings (SSSR count). The smallest absolute Gasteiger partial charge is 0.416 e. The summed E-state index contributed by atoms with van der Waals surface area (Å²) < 4.78 is 52.7. The van der Waals surface area contributed by atoms with Crippen LogP contribution in [0.2, 0.25) is 0 Å². The van der Waals surface area contributed by atoms with Crippen LogP contribution in [0.1, 0.15) is 11.6 Å². The van der Waals surface area contributed by atoms with E-state index in [1.54, 1.807) is 0 Å². The fourth-order valence-corrected chi connectivity index (χ4v) is 1.72. The Morgan fingerprint density at radius 3 is 1.76 bits per heavy atom. The van der Waals surface area contributed by atoms with Crippen molar-refractivity contribution in [1.82, 2.24) is 0 Å². The van der Waals surface area contributed by atoms with E-state index in [0.29, 0.717) is 5.75 Å². The van der Waals surface area contributed by atoms with Crippen LogP contribution >= 0.6 is 12.4 Å². The van der Waals surface area contributed by atoms with Crippen LogP contribution in [0.25, 0.3) is 0 Å². The molecule has 0 aromatic heterocycles. The van der Waals surface area contributed by atoms with Crippen LogP contribution in [0.3, 0.4) is 0 Å². The first-order chi connectivity index (χ1) is 9.26. The molecular weight excluding hydrogens is 315 g/mol. The fraction of sp³-hybridized carbons (Fsp3) is 0.500. The second kappa shape index (κ2) is 7.58. The average Bonchev–Trinajstić information content (AvgIpc) is 2.42. The van der Waals surface area contributed by atoms with Crippen molar-refractivity contribution in [2.75, 3.05) is 21.3 Å². The second-order valence-corrected chi connectivity index (χ2v) is 3.96. The van der Waals surface area contributed by atoms with Gasteiger partial charge in [0, 0.05) is 12.1 Å². The molecule has 2 atom stereocenters. The van der Waals surface area contributed by atoms with Crippen molar-refractivity contribution in [2.45, 2.75) is 18.3 Å². The number of halogens is 4. The highest BCUT2D eigenvalue weighted by atomic mass is 35.5. The molecule has 0 radical (unpaired) electrons. The lowest BCUT2D eigenvalue weighted by Crippen LogP contribution is -2.39. The van der Waals surface area contributed by atoms with Gasteiger partial charge in [-0.2, -0.15) is 13.2 Å². The molecule has 0 bridgehead atoms. The lowest BCUT2D eigenvalue weighted by molar-refractivity contribution is -0.210. The van der Waals surface area contributed by atoms with E-state index in [9.17, 15) is 18.3 Å². The monoisotopic (exact) mass is 331 g/mol. The summed E-state index contributed by atoms with van der Waals surface area (Å²) in [4.78, 5) is 0. The SMILES string of the molecule is COc1cc(OC)c([C@H](N)[C@H](O)C(F)(F)F)c(OC)c1.Cl. The first-order valence-corrected chi connectivity index (χ1v) is 5.56. The van der Waals surface area contributed by atoms with Gasteiger partial charge in [-0.15, -0.1) is 12.4 Å². The number of ether oxygens (including phenoxy) is 3. The van der Waals surface area contributed by atoms with Gasteiger partial charge in [-0.1, -0.05) is 0 Å². The van der Waals surface area contributed by atoms with Gasteiger partial charge < -0.3 is 25.1 Å². The summed E-state index contributed by atoms with van der Waals surface area (Å²) in [6, 6.07) is 0.979. The van der Waals surface area contributed by atoms with Crippen molar-refractivity contribution < 1.29 is 32.5 Å². The van der Waals surface area contributed by atoms with Gasteiger partial charge in [0.1, 0.15) is 17.2 Å². The Hall–Kier alpha value is -1.38. The van der Waals surface area contributed by atoms with Gasteiger partial charge in [-0.3, -0.25) is 0 Å². The molecule has 0 aliphatic rings. The number of aliphatic hydroxyl groups excluding tert-OH is 1. The van der Waals surface area contributed by atoms with Crippen LogP contribution in [0, 0.1) is 0 Å². The van der Waals surface area contributed by atoms with Crippen LogP contribution in [-0.4, -0.2) is 38.7 Å². The summed E-state index contributed by atoms with van der Waals surface area (Å²) in [5.74, 6) is 0.408. The number of hydrogen-bond donors (Lipinski definition) is 2. The Kier molecular flexibility index (Phi) is 7.08. The quantitative estimate of drug-likeness (QED) is 0.864. The molecule has 0 fully saturated rings. The molecule has 0 spiro atoms. The highest BCUT2D eigenvalue weighted by molar-refractivity contribution is 5.85. The summed E-state index contributed by atoms with van der Waals surface area (Å²) in [6.45, 7) is 0. The minimum atomic E-state index is -4.85. The first kappa shape index (κ1) is 19.6. The van der Waals surface area contributed by atoms with Crippen molar-refractivity contribution in [3.05, 3.63) is 17.7 Å². The van der Waals surface area contributed by atoms with Crippen molar-refractivity contribution in [3.63, 3.8) is 0 Å². The van der Waals surface area contributed by atoms with E-state index >= 15 is 0 Å². The Bertz CT molecular complexity index is 445. The predicted octanol–water partition coefficient (Wildman–Crippen LogP) is 2.06. The van der Waals surface area contributed by atoms with E-state index in [2.05, 4.69) is 0 Å². The van der Waals surface area contributed by atoms with Crippen molar-refractivity contribution >= 4 is 12.4 Å². The highest BCUT2D eigenvalue weighted by Crippen LogP contribution is 2.41. The van der Waals surface area contributed by atoms with Crippen LogP contribution in [-0.2, 0) is 0 Å². The van der Waals surface area contributed by atoms with Crippen molar-refractivity contribution in [2.24, 2.45) is 5.73 Å². The molecule has 0 saturated heterocycles. The molecular formula is C12H17ClF3NO4. The van der Waals surface area contributed by atoms with Gasteiger partial charge in [0.05, 0.1) is 32.9 Å². The number of alkyl halides is 3. The van der Waals surface area contributed by atoms with Crippen LogP contribution < -0.4 is 19.9 Å². The molecule has 0 saturated carbocycles. The van der Waals surface area contributed by atoms with Gasteiger partial charge in [-0.25, -0.2) is 0 Å². The molecule has 122 valence electrons. The highest BCUT2D eigenvalue weighted by Gasteiger charge is 2.44. The number of methoxy groups -OCH3 is 3. The summed E-state index contributed by atoms with van der Waals surface area (Å²) in [5.41, 5.74) is 5.42. The molecule has 0 amide bonds. The molecule has 9 heteroatoms. The normalized spacial score (nSPS) is 13.9. The van der Waals surface area contributed by atoms with Crippen molar-refractivity contribution in [3.8, 4) is 17.2 Å². The third-order valence-corrected chi connectivity index (χ3v) is 2.76. The van der Waals surface area contributed by atoms with Gasteiger partial charge in [-0.05, 0) is 0 Å². The Morgan fingerprint density at radius 1 is 1.05 bits per heavy atom. The van der Waals surface area contributed by atoms with E-state index in [4.69, 9.17) is 19.9 Å². The molecule has 0 aliphatic carbocycles.